The summed E-state index contributed by atoms with van der Waals surface area (Å²) in [5.41, 5.74) is 1.64. The van der Waals surface area contributed by atoms with Gasteiger partial charge in [-0.2, -0.15) is 0 Å². The summed E-state index contributed by atoms with van der Waals surface area (Å²) in [6.45, 7) is 2.77. The number of hydrogen-bond donors (Lipinski definition) is 2. The number of aliphatic hydroxyl groups excluding tert-OH is 1. The topological polar surface area (TPSA) is 58.6 Å². The van der Waals surface area contributed by atoms with E-state index in [4.69, 9.17) is 9.84 Å². The number of nitrogens with one attached hydrogen (secondary N) is 1. The van der Waals surface area contributed by atoms with Crippen molar-refractivity contribution in [2.75, 3.05) is 18.5 Å². The van der Waals surface area contributed by atoms with Crippen molar-refractivity contribution in [2.24, 2.45) is 5.92 Å². The maximum atomic E-state index is 12.2. The Morgan fingerprint density at radius 2 is 2.19 bits per heavy atom. The van der Waals surface area contributed by atoms with Crippen LogP contribution in [0.3, 0.4) is 0 Å². The van der Waals surface area contributed by atoms with Gasteiger partial charge in [-0.05, 0) is 37.1 Å². The van der Waals surface area contributed by atoms with Crippen LogP contribution >= 0.6 is 0 Å². The zero-order chi connectivity index (χ0) is 15.1. The molecule has 4 heteroatoms. The first-order chi connectivity index (χ1) is 10.2. The van der Waals surface area contributed by atoms with Gasteiger partial charge in [0.2, 0.25) is 5.91 Å². The standard InChI is InChI=1S/C17H21NO3/c1-2-16-15(10-12-21-16)17(20)18-14-8-6-13(7-9-14)5-3-4-11-19/h6-9,15-16,19H,2,4,10-12H2,1H3,(H,18,20). The first-order valence-electron chi connectivity index (χ1n) is 7.37. The van der Waals surface area contributed by atoms with Gasteiger partial charge in [0.1, 0.15) is 0 Å². The fraction of sp³-hybridized carbons (Fsp3) is 0.471. The number of aliphatic hydroxyl groups is 1. The average Bonchev–Trinajstić information content (AvgIpc) is 2.98. The molecule has 0 saturated carbocycles. The fourth-order valence-electron chi connectivity index (χ4n) is 2.44. The molecule has 0 spiro atoms. The van der Waals surface area contributed by atoms with E-state index in [2.05, 4.69) is 17.2 Å². The lowest BCUT2D eigenvalue weighted by molar-refractivity contribution is -0.121. The summed E-state index contributed by atoms with van der Waals surface area (Å²) >= 11 is 0. The second-order valence-corrected chi connectivity index (χ2v) is 5.05. The van der Waals surface area contributed by atoms with Crippen molar-refractivity contribution in [3.05, 3.63) is 29.8 Å². The van der Waals surface area contributed by atoms with Crippen LogP contribution in [-0.2, 0) is 9.53 Å². The van der Waals surface area contributed by atoms with E-state index >= 15 is 0 Å². The smallest absolute Gasteiger partial charge is 0.230 e. The first kappa shape index (κ1) is 15.6. The molecule has 0 aliphatic carbocycles. The van der Waals surface area contributed by atoms with Gasteiger partial charge in [-0.1, -0.05) is 18.8 Å². The molecule has 112 valence electrons. The number of ether oxygens (including phenoxy) is 1. The van der Waals surface area contributed by atoms with Crippen LogP contribution in [0.2, 0.25) is 0 Å². The molecule has 2 rings (SSSR count). The second kappa shape index (κ2) is 7.82. The third-order valence-corrected chi connectivity index (χ3v) is 3.57. The highest BCUT2D eigenvalue weighted by atomic mass is 16.5. The molecule has 1 heterocycles. The minimum absolute atomic E-state index is 0.0264. The molecule has 4 nitrogen and oxygen atoms in total. The molecule has 21 heavy (non-hydrogen) atoms. The Labute approximate surface area is 125 Å². The van der Waals surface area contributed by atoms with Gasteiger partial charge in [0.15, 0.2) is 0 Å². The molecule has 2 unspecified atom stereocenters. The van der Waals surface area contributed by atoms with E-state index in [0.29, 0.717) is 13.0 Å². The Kier molecular flexibility index (Phi) is 5.79. The van der Waals surface area contributed by atoms with E-state index in [-0.39, 0.29) is 24.5 Å². The number of anilines is 1. The molecule has 1 amide bonds. The zero-order valence-electron chi connectivity index (χ0n) is 12.3. The van der Waals surface area contributed by atoms with E-state index in [0.717, 1.165) is 24.1 Å². The van der Waals surface area contributed by atoms with Crippen LogP contribution in [0.5, 0.6) is 0 Å². The van der Waals surface area contributed by atoms with Crippen molar-refractivity contribution in [3.8, 4) is 11.8 Å². The molecular formula is C17H21NO3. The Morgan fingerprint density at radius 3 is 2.86 bits per heavy atom. The van der Waals surface area contributed by atoms with Crippen LogP contribution in [-0.4, -0.2) is 30.3 Å². The summed E-state index contributed by atoms with van der Waals surface area (Å²) in [7, 11) is 0. The molecule has 1 saturated heterocycles. The van der Waals surface area contributed by atoms with Crippen molar-refractivity contribution in [1.29, 1.82) is 0 Å². The quantitative estimate of drug-likeness (QED) is 0.834. The maximum absolute atomic E-state index is 12.2. The zero-order valence-corrected chi connectivity index (χ0v) is 12.3. The lowest BCUT2D eigenvalue weighted by Crippen LogP contribution is -2.29. The lowest BCUT2D eigenvalue weighted by atomic mass is 9.98. The number of carbonyl (C=O) groups is 1. The Morgan fingerprint density at radius 1 is 1.43 bits per heavy atom. The van der Waals surface area contributed by atoms with Gasteiger partial charge >= 0.3 is 0 Å². The molecule has 0 aromatic heterocycles. The number of rotatable bonds is 4. The number of carbonyl (C=O) groups excluding carboxylic acids is 1. The van der Waals surface area contributed by atoms with Gasteiger partial charge in [0.05, 0.1) is 18.6 Å². The molecule has 1 fully saturated rings. The van der Waals surface area contributed by atoms with Gasteiger partial charge < -0.3 is 15.2 Å². The number of hydrogen-bond acceptors (Lipinski definition) is 3. The van der Waals surface area contributed by atoms with Gasteiger partial charge in [0, 0.05) is 24.3 Å². The molecule has 1 aliphatic heterocycles. The third-order valence-electron chi connectivity index (χ3n) is 3.57. The molecule has 1 aliphatic rings. The van der Waals surface area contributed by atoms with Gasteiger partial charge in [-0.25, -0.2) is 0 Å². The van der Waals surface area contributed by atoms with Gasteiger partial charge in [-0.3, -0.25) is 4.79 Å². The van der Waals surface area contributed by atoms with Crippen molar-refractivity contribution in [1.82, 2.24) is 0 Å². The van der Waals surface area contributed by atoms with Crippen LogP contribution in [0.1, 0.15) is 31.7 Å². The molecule has 1 aromatic carbocycles. The average molecular weight is 287 g/mol. The summed E-state index contributed by atoms with van der Waals surface area (Å²) in [5, 5.41) is 11.6. The van der Waals surface area contributed by atoms with Crippen molar-refractivity contribution >= 4 is 11.6 Å². The van der Waals surface area contributed by atoms with E-state index in [9.17, 15) is 4.79 Å². The van der Waals surface area contributed by atoms with Crippen LogP contribution < -0.4 is 5.32 Å². The van der Waals surface area contributed by atoms with Crippen molar-refractivity contribution < 1.29 is 14.6 Å². The van der Waals surface area contributed by atoms with E-state index < -0.39 is 0 Å². The maximum Gasteiger partial charge on any atom is 0.230 e. The molecular weight excluding hydrogens is 266 g/mol. The normalized spacial score (nSPS) is 20.7. The summed E-state index contributed by atoms with van der Waals surface area (Å²) in [6.07, 6.45) is 2.15. The highest BCUT2D eigenvalue weighted by Crippen LogP contribution is 2.24. The number of benzene rings is 1. The van der Waals surface area contributed by atoms with Crippen molar-refractivity contribution in [3.63, 3.8) is 0 Å². The molecule has 2 atom stereocenters. The fourth-order valence-corrected chi connectivity index (χ4v) is 2.44. The SMILES string of the molecule is CCC1OCCC1C(=O)Nc1ccc(C#CCCO)cc1. The Bertz CT molecular complexity index is 527. The van der Waals surface area contributed by atoms with Gasteiger partial charge in [0.25, 0.3) is 0 Å². The predicted octanol–water partition coefficient (Wildman–Crippen LogP) is 2.17. The molecule has 0 bridgehead atoms. The van der Waals surface area contributed by atoms with Crippen LogP contribution in [0, 0.1) is 17.8 Å². The van der Waals surface area contributed by atoms with E-state index in [1.807, 2.05) is 31.2 Å². The van der Waals surface area contributed by atoms with Crippen LogP contribution in [0.25, 0.3) is 0 Å². The van der Waals surface area contributed by atoms with Gasteiger partial charge in [-0.15, -0.1) is 0 Å². The summed E-state index contributed by atoms with van der Waals surface area (Å²) < 4.78 is 5.55. The molecule has 1 aromatic rings. The molecule has 2 N–H and O–H groups in total. The minimum Gasteiger partial charge on any atom is -0.395 e. The van der Waals surface area contributed by atoms with Crippen molar-refractivity contribution in [2.45, 2.75) is 32.3 Å². The summed E-state index contributed by atoms with van der Waals surface area (Å²) in [5.74, 6) is 5.79. The third kappa shape index (κ3) is 4.32. The predicted molar refractivity (Wildman–Crippen MR) is 81.8 cm³/mol. The minimum atomic E-state index is -0.0565. The highest BCUT2D eigenvalue weighted by Gasteiger charge is 2.32. The Hall–Kier alpha value is -1.83. The Balaban J connectivity index is 1.94. The van der Waals surface area contributed by atoms with Crippen LogP contribution in [0.4, 0.5) is 5.69 Å². The first-order valence-corrected chi connectivity index (χ1v) is 7.37. The van der Waals surface area contributed by atoms with E-state index in [1.54, 1.807) is 0 Å². The largest absolute Gasteiger partial charge is 0.395 e. The monoisotopic (exact) mass is 287 g/mol. The van der Waals surface area contributed by atoms with Crippen LogP contribution in [0.15, 0.2) is 24.3 Å². The summed E-state index contributed by atoms with van der Waals surface area (Å²) in [4.78, 5) is 12.2. The highest BCUT2D eigenvalue weighted by molar-refractivity contribution is 5.93. The number of amides is 1. The second-order valence-electron chi connectivity index (χ2n) is 5.05. The molecule has 0 radical (unpaired) electrons. The van der Waals surface area contributed by atoms with E-state index in [1.165, 1.54) is 0 Å². The lowest BCUT2D eigenvalue weighted by Gasteiger charge is -2.16. The summed E-state index contributed by atoms with van der Waals surface area (Å²) in [6, 6.07) is 7.42.